The van der Waals surface area contributed by atoms with Gasteiger partial charge >= 0.3 is 0 Å². The molecular weight excluding hydrogens is 314 g/mol. The standard InChI is InChI=1S/C16H23N3O3S/c1-11(2)12-5-6-15-14(9-12)10-13(16(20)18-15)7-8-17-23(21,22)19(3)4/h5-6,9-11,17H,7-8H2,1-4H3,(H,18,20). The Balaban J connectivity index is 2.23. The maximum atomic E-state index is 12.1. The number of rotatable bonds is 6. The number of aromatic amines is 1. The van der Waals surface area contributed by atoms with Gasteiger partial charge < -0.3 is 4.98 Å². The molecule has 0 bridgehead atoms. The van der Waals surface area contributed by atoms with Crippen molar-refractivity contribution in [2.24, 2.45) is 0 Å². The molecule has 7 heteroatoms. The van der Waals surface area contributed by atoms with Gasteiger partial charge in [0.1, 0.15) is 0 Å². The molecule has 0 atom stereocenters. The summed E-state index contributed by atoms with van der Waals surface area (Å²) < 4.78 is 26.9. The van der Waals surface area contributed by atoms with Crippen LogP contribution >= 0.6 is 0 Å². The lowest BCUT2D eigenvalue weighted by atomic mass is 10.0. The molecule has 126 valence electrons. The number of benzene rings is 1. The first-order chi connectivity index (χ1) is 10.7. The summed E-state index contributed by atoms with van der Waals surface area (Å²) in [5, 5.41) is 0.960. The predicted molar refractivity (Wildman–Crippen MR) is 93.0 cm³/mol. The second-order valence-corrected chi connectivity index (χ2v) is 8.03. The van der Waals surface area contributed by atoms with Crippen LogP contribution in [0.5, 0.6) is 0 Å². The lowest BCUT2D eigenvalue weighted by Crippen LogP contribution is -2.37. The molecule has 2 aromatic rings. The van der Waals surface area contributed by atoms with Crippen LogP contribution in [0, 0.1) is 0 Å². The number of nitrogens with zero attached hydrogens (tertiary/aromatic N) is 1. The van der Waals surface area contributed by atoms with E-state index in [0.717, 1.165) is 15.2 Å². The van der Waals surface area contributed by atoms with Crippen molar-refractivity contribution in [2.45, 2.75) is 26.2 Å². The first-order valence-corrected chi connectivity index (χ1v) is 8.97. The normalized spacial score (nSPS) is 12.4. The van der Waals surface area contributed by atoms with Gasteiger partial charge in [-0.2, -0.15) is 12.7 Å². The van der Waals surface area contributed by atoms with Crippen molar-refractivity contribution in [1.82, 2.24) is 14.0 Å². The van der Waals surface area contributed by atoms with Gasteiger partial charge in [-0.25, -0.2) is 4.72 Å². The van der Waals surface area contributed by atoms with E-state index in [9.17, 15) is 13.2 Å². The Morgan fingerprint density at radius 3 is 2.52 bits per heavy atom. The van der Waals surface area contributed by atoms with E-state index in [1.165, 1.54) is 19.7 Å². The van der Waals surface area contributed by atoms with E-state index in [2.05, 4.69) is 29.6 Å². The number of hydrogen-bond acceptors (Lipinski definition) is 3. The van der Waals surface area contributed by atoms with Gasteiger partial charge in [0.25, 0.3) is 15.8 Å². The minimum atomic E-state index is -3.47. The molecule has 1 aromatic heterocycles. The topological polar surface area (TPSA) is 82.3 Å². The van der Waals surface area contributed by atoms with Crippen LogP contribution in [0.4, 0.5) is 0 Å². The Morgan fingerprint density at radius 1 is 1.22 bits per heavy atom. The van der Waals surface area contributed by atoms with Gasteiger partial charge in [0.15, 0.2) is 0 Å². The van der Waals surface area contributed by atoms with Gasteiger partial charge in [0, 0.05) is 31.7 Å². The van der Waals surface area contributed by atoms with Crippen LogP contribution in [-0.2, 0) is 16.6 Å². The van der Waals surface area contributed by atoms with Gasteiger partial charge in [-0.15, -0.1) is 0 Å². The third-order valence-electron chi connectivity index (χ3n) is 3.77. The first kappa shape index (κ1) is 17.7. The average Bonchev–Trinajstić information content (AvgIpc) is 2.46. The number of pyridine rings is 1. The zero-order valence-electron chi connectivity index (χ0n) is 13.9. The maximum absolute atomic E-state index is 12.1. The van der Waals surface area contributed by atoms with Gasteiger partial charge in [-0.05, 0) is 41.5 Å². The van der Waals surface area contributed by atoms with E-state index >= 15 is 0 Å². The van der Waals surface area contributed by atoms with Crippen LogP contribution in [0.2, 0.25) is 0 Å². The highest BCUT2D eigenvalue weighted by Gasteiger charge is 2.12. The van der Waals surface area contributed by atoms with E-state index in [1.54, 1.807) is 0 Å². The molecule has 1 aromatic carbocycles. The van der Waals surface area contributed by atoms with Crippen molar-refractivity contribution in [2.75, 3.05) is 20.6 Å². The van der Waals surface area contributed by atoms with Gasteiger partial charge in [-0.1, -0.05) is 19.9 Å². The Kier molecular flexibility index (Phi) is 5.23. The zero-order valence-corrected chi connectivity index (χ0v) is 14.7. The van der Waals surface area contributed by atoms with Crippen LogP contribution < -0.4 is 10.3 Å². The molecule has 0 aliphatic rings. The van der Waals surface area contributed by atoms with Gasteiger partial charge in [0.05, 0.1) is 0 Å². The molecule has 1 heterocycles. The number of fused-ring (bicyclic) bond motifs is 1. The lowest BCUT2D eigenvalue weighted by molar-refractivity contribution is 0.506. The third-order valence-corrected chi connectivity index (χ3v) is 5.30. The molecule has 0 fully saturated rings. The summed E-state index contributed by atoms with van der Waals surface area (Å²) in [4.78, 5) is 14.9. The molecule has 6 nitrogen and oxygen atoms in total. The van der Waals surface area contributed by atoms with Crippen LogP contribution in [0.25, 0.3) is 10.9 Å². The van der Waals surface area contributed by atoms with E-state index in [0.29, 0.717) is 17.9 Å². The second kappa shape index (κ2) is 6.82. The Bertz CT molecular complexity index is 854. The fraction of sp³-hybridized carbons (Fsp3) is 0.438. The Labute approximate surface area is 136 Å². The Morgan fingerprint density at radius 2 is 1.91 bits per heavy atom. The molecular formula is C16H23N3O3S. The van der Waals surface area contributed by atoms with Crippen molar-refractivity contribution in [3.05, 3.63) is 45.7 Å². The third kappa shape index (κ3) is 4.19. The summed E-state index contributed by atoms with van der Waals surface area (Å²) in [6.45, 7) is 4.41. The maximum Gasteiger partial charge on any atom is 0.278 e. The largest absolute Gasteiger partial charge is 0.322 e. The summed E-state index contributed by atoms with van der Waals surface area (Å²) in [7, 11) is -0.557. The molecule has 0 saturated heterocycles. The van der Waals surface area contributed by atoms with E-state index in [1.807, 2.05) is 18.2 Å². The summed E-state index contributed by atoms with van der Waals surface area (Å²) in [5.74, 6) is 0.404. The number of nitrogens with one attached hydrogen (secondary N) is 2. The molecule has 23 heavy (non-hydrogen) atoms. The molecule has 0 spiro atoms. The molecule has 0 amide bonds. The minimum absolute atomic E-state index is 0.180. The summed E-state index contributed by atoms with van der Waals surface area (Å²) in [6, 6.07) is 7.81. The zero-order chi connectivity index (χ0) is 17.2. The molecule has 0 unspecified atom stereocenters. The van der Waals surface area contributed by atoms with Crippen LogP contribution in [-0.4, -0.2) is 38.3 Å². The van der Waals surface area contributed by atoms with Crippen molar-refractivity contribution in [3.63, 3.8) is 0 Å². The average molecular weight is 337 g/mol. The SMILES string of the molecule is CC(C)c1ccc2[nH]c(=O)c(CCNS(=O)(=O)N(C)C)cc2c1. The molecule has 0 saturated carbocycles. The lowest BCUT2D eigenvalue weighted by Gasteiger charge is -2.12. The monoisotopic (exact) mass is 337 g/mol. The molecule has 0 aliphatic heterocycles. The van der Waals surface area contributed by atoms with Crippen molar-refractivity contribution in [3.8, 4) is 0 Å². The molecule has 2 rings (SSSR count). The number of H-pyrrole nitrogens is 1. The predicted octanol–water partition coefficient (Wildman–Crippen LogP) is 1.59. The molecule has 2 N–H and O–H groups in total. The van der Waals surface area contributed by atoms with Gasteiger partial charge in [-0.3, -0.25) is 4.79 Å². The highest BCUT2D eigenvalue weighted by molar-refractivity contribution is 7.87. The van der Waals surface area contributed by atoms with E-state index < -0.39 is 10.2 Å². The Hall–Kier alpha value is -1.70. The fourth-order valence-corrected chi connectivity index (χ4v) is 2.88. The fourth-order valence-electron chi connectivity index (χ4n) is 2.26. The van der Waals surface area contributed by atoms with E-state index in [-0.39, 0.29) is 12.1 Å². The molecule has 0 aliphatic carbocycles. The van der Waals surface area contributed by atoms with E-state index in [4.69, 9.17) is 0 Å². The van der Waals surface area contributed by atoms with Gasteiger partial charge in [0.2, 0.25) is 0 Å². The minimum Gasteiger partial charge on any atom is -0.322 e. The second-order valence-electron chi connectivity index (χ2n) is 6.06. The number of aromatic nitrogens is 1. The number of hydrogen-bond donors (Lipinski definition) is 2. The highest BCUT2D eigenvalue weighted by Crippen LogP contribution is 2.20. The summed E-state index contributed by atoms with van der Waals surface area (Å²) in [6.07, 6.45) is 0.338. The highest BCUT2D eigenvalue weighted by atomic mass is 32.2. The summed E-state index contributed by atoms with van der Waals surface area (Å²) >= 11 is 0. The van der Waals surface area contributed by atoms with Crippen molar-refractivity contribution < 1.29 is 8.42 Å². The van der Waals surface area contributed by atoms with Crippen LogP contribution in [0.1, 0.15) is 30.9 Å². The summed E-state index contributed by atoms with van der Waals surface area (Å²) in [5.41, 5.74) is 2.37. The smallest absolute Gasteiger partial charge is 0.278 e. The first-order valence-electron chi connectivity index (χ1n) is 7.53. The van der Waals surface area contributed by atoms with Crippen LogP contribution in [0.15, 0.2) is 29.1 Å². The molecule has 0 radical (unpaired) electrons. The quantitative estimate of drug-likeness (QED) is 0.840. The van der Waals surface area contributed by atoms with Crippen molar-refractivity contribution >= 4 is 21.1 Å². The van der Waals surface area contributed by atoms with Crippen molar-refractivity contribution in [1.29, 1.82) is 0 Å². The van der Waals surface area contributed by atoms with Crippen LogP contribution in [0.3, 0.4) is 0 Å².